The summed E-state index contributed by atoms with van der Waals surface area (Å²) in [5.74, 6) is 0. The van der Waals surface area contributed by atoms with Crippen LogP contribution in [0.3, 0.4) is 0 Å². The number of ether oxygens (including phenoxy) is 2. The molecule has 0 rings (SSSR count). The van der Waals surface area contributed by atoms with Crippen LogP contribution in [0.2, 0.25) is 12.1 Å². The van der Waals surface area contributed by atoms with Gasteiger partial charge in [-0.25, -0.2) is 9.79 Å². The molecule has 7 heteroatoms. The second-order valence-corrected chi connectivity index (χ2v) is 7.63. The van der Waals surface area contributed by atoms with Crippen LogP contribution in [0, 0.1) is 0 Å². The Hall–Kier alpha value is -0.563. The first kappa shape index (κ1) is 18.4. The first-order valence-corrected chi connectivity index (χ1v) is 8.77. The monoisotopic (exact) mass is 291 g/mol. The van der Waals surface area contributed by atoms with Gasteiger partial charge >= 0.3 is 8.56 Å². The molecule has 0 saturated carbocycles. The van der Waals surface area contributed by atoms with E-state index in [0.717, 1.165) is 18.5 Å². The Morgan fingerprint density at radius 1 is 1.05 bits per heavy atom. The maximum atomic E-state index is 10.0. The van der Waals surface area contributed by atoms with E-state index < -0.39 is 8.56 Å². The highest BCUT2D eigenvalue weighted by atomic mass is 28.4. The van der Waals surface area contributed by atoms with Crippen molar-refractivity contribution in [2.24, 2.45) is 4.99 Å². The van der Waals surface area contributed by atoms with Crippen molar-refractivity contribution in [3.05, 3.63) is 0 Å². The quantitative estimate of drug-likeness (QED) is 0.223. The molecule has 0 atom stereocenters. The normalized spacial score (nSPS) is 11.3. The molecular formula is C12H25NO5Si. The minimum Gasteiger partial charge on any atom is -0.392 e. The van der Waals surface area contributed by atoms with E-state index >= 15 is 0 Å². The van der Waals surface area contributed by atoms with Gasteiger partial charge in [0.05, 0.1) is 33.0 Å². The van der Waals surface area contributed by atoms with Crippen LogP contribution in [0.5, 0.6) is 0 Å². The smallest absolute Gasteiger partial charge is 0.338 e. The van der Waals surface area contributed by atoms with Gasteiger partial charge in [-0.2, -0.15) is 0 Å². The zero-order valence-electron chi connectivity index (χ0n) is 12.1. The molecule has 0 N–H and O–H groups in total. The van der Waals surface area contributed by atoms with Crippen LogP contribution in [0.1, 0.15) is 13.3 Å². The Kier molecular flexibility index (Phi) is 12.1. The minimum absolute atomic E-state index is 0.472. The van der Waals surface area contributed by atoms with E-state index in [4.69, 9.17) is 18.3 Å². The molecule has 0 aliphatic heterocycles. The highest BCUT2D eigenvalue weighted by Gasteiger charge is 2.35. The third kappa shape index (κ3) is 9.04. The van der Waals surface area contributed by atoms with Crippen LogP contribution < -0.4 is 0 Å². The van der Waals surface area contributed by atoms with Crippen molar-refractivity contribution in [3.63, 3.8) is 0 Å². The summed E-state index contributed by atoms with van der Waals surface area (Å²) in [6.07, 6.45) is 2.32. The summed E-state index contributed by atoms with van der Waals surface area (Å²) in [5, 5.41) is 0. The molecule has 112 valence electrons. The van der Waals surface area contributed by atoms with Crippen molar-refractivity contribution < 1.29 is 23.1 Å². The van der Waals surface area contributed by atoms with Crippen molar-refractivity contribution in [2.45, 2.75) is 25.4 Å². The van der Waals surface area contributed by atoms with Gasteiger partial charge in [0.2, 0.25) is 6.08 Å². The second kappa shape index (κ2) is 12.5. The lowest BCUT2D eigenvalue weighted by Gasteiger charge is -2.29. The zero-order valence-corrected chi connectivity index (χ0v) is 13.1. The molecule has 0 heterocycles. The molecule has 0 radical (unpaired) electrons. The van der Waals surface area contributed by atoms with Crippen molar-refractivity contribution in [2.75, 3.05) is 47.2 Å². The number of rotatable bonds is 13. The Labute approximate surface area is 116 Å². The Bertz CT molecular complexity index is 249. The fourth-order valence-electron chi connectivity index (χ4n) is 1.66. The Morgan fingerprint density at radius 2 is 1.63 bits per heavy atom. The number of hydrogen-bond acceptors (Lipinski definition) is 6. The van der Waals surface area contributed by atoms with Gasteiger partial charge < -0.3 is 18.3 Å². The predicted octanol–water partition coefficient (Wildman–Crippen LogP) is 1.50. The first-order chi connectivity index (χ1) is 9.24. The van der Waals surface area contributed by atoms with Gasteiger partial charge in [-0.1, -0.05) is 6.92 Å². The molecule has 0 aliphatic rings. The number of hydrogen-bond donors (Lipinski definition) is 0. The summed E-state index contributed by atoms with van der Waals surface area (Å²) in [4.78, 5) is 13.6. The molecule has 0 amide bonds. The van der Waals surface area contributed by atoms with Crippen LogP contribution in [0.25, 0.3) is 0 Å². The van der Waals surface area contributed by atoms with Crippen LogP contribution in [0.15, 0.2) is 4.99 Å². The number of nitrogens with zero attached hydrogens (tertiary/aromatic N) is 1. The second-order valence-electron chi connectivity index (χ2n) is 4.02. The van der Waals surface area contributed by atoms with E-state index in [1.54, 1.807) is 20.3 Å². The predicted molar refractivity (Wildman–Crippen MR) is 74.3 cm³/mol. The molecule has 0 spiro atoms. The fraction of sp³-hybridized carbons (Fsp3) is 0.917. The van der Waals surface area contributed by atoms with Crippen molar-refractivity contribution >= 4 is 14.6 Å². The van der Waals surface area contributed by atoms with E-state index in [0.29, 0.717) is 33.0 Å². The molecule has 0 aliphatic carbocycles. The molecule has 0 bridgehead atoms. The van der Waals surface area contributed by atoms with Crippen LogP contribution in [-0.4, -0.2) is 61.8 Å². The van der Waals surface area contributed by atoms with Gasteiger partial charge in [0.15, 0.2) is 0 Å². The zero-order chi connectivity index (χ0) is 14.4. The van der Waals surface area contributed by atoms with Crippen molar-refractivity contribution in [3.8, 4) is 0 Å². The van der Waals surface area contributed by atoms with Crippen LogP contribution in [-0.2, 0) is 23.1 Å². The van der Waals surface area contributed by atoms with Crippen LogP contribution in [0.4, 0.5) is 0 Å². The first-order valence-electron chi connectivity index (χ1n) is 6.54. The van der Waals surface area contributed by atoms with Gasteiger partial charge in [-0.05, 0) is 18.5 Å². The highest BCUT2D eigenvalue weighted by molar-refractivity contribution is 6.67. The van der Waals surface area contributed by atoms with E-state index in [-0.39, 0.29) is 0 Å². The lowest BCUT2D eigenvalue weighted by molar-refractivity contribution is 0.0859. The van der Waals surface area contributed by atoms with Gasteiger partial charge in [0.1, 0.15) is 0 Å². The summed E-state index contributed by atoms with van der Waals surface area (Å²) >= 11 is 0. The van der Waals surface area contributed by atoms with Gasteiger partial charge in [0, 0.05) is 14.2 Å². The molecule has 0 aromatic rings. The highest BCUT2D eigenvalue weighted by Crippen LogP contribution is 2.21. The Morgan fingerprint density at radius 3 is 2.05 bits per heavy atom. The number of isocyanates is 1. The minimum atomic E-state index is -2.24. The maximum absolute atomic E-state index is 10.0. The van der Waals surface area contributed by atoms with E-state index in [9.17, 15) is 4.79 Å². The maximum Gasteiger partial charge on any atom is 0.338 e. The molecule has 0 aromatic heterocycles. The van der Waals surface area contributed by atoms with Gasteiger partial charge in [0.25, 0.3) is 0 Å². The summed E-state index contributed by atoms with van der Waals surface area (Å²) in [6, 6.07) is 1.66. The van der Waals surface area contributed by atoms with E-state index in [1.807, 2.05) is 0 Å². The van der Waals surface area contributed by atoms with Crippen molar-refractivity contribution in [1.82, 2.24) is 0 Å². The fourth-order valence-corrected chi connectivity index (χ4v) is 4.40. The third-order valence-electron chi connectivity index (χ3n) is 2.74. The van der Waals surface area contributed by atoms with E-state index in [1.165, 1.54) is 0 Å². The Balaban J connectivity index is 4.31. The third-order valence-corrected chi connectivity index (χ3v) is 6.39. The molecule has 0 saturated heterocycles. The molecule has 6 nitrogen and oxygen atoms in total. The number of aliphatic imine (C=N–C) groups is 1. The summed E-state index contributed by atoms with van der Waals surface area (Å²) < 4.78 is 21.9. The summed E-state index contributed by atoms with van der Waals surface area (Å²) in [6.45, 7) is 4.69. The number of carbonyl (C=O) groups excluding carboxylic acids is 1. The van der Waals surface area contributed by atoms with Crippen molar-refractivity contribution in [1.29, 1.82) is 0 Å². The standard InChI is InChI=1S/C12H25NO5Si/c1-4-19(17-9-7-15-2,18-10-8-16-3)11-5-6-13-12-14/h4-11H2,1-3H3. The molecule has 0 unspecified atom stereocenters. The topological polar surface area (TPSA) is 66.4 Å². The van der Waals surface area contributed by atoms with Crippen LogP contribution >= 0.6 is 0 Å². The number of methoxy groups -OCH3 is 2. The molecule has 0 fully saturated rings. The SMILES string of the molecule is CC[Si](CCCN=C=O)(OCCOC)OCCOC. The average Bonchev–Trinajstić information content (AvgIpc) is 2.43. The summed E-state index contributed by atoms with van der Waals surface area (Å²) in [5.41, 5.74) is 0. The van der Waals surface area contributed by atoms with E-state index in [2.05, 4.69) is 11.9 Å². The average molecular weight is 291 g/mol. The molecule has 19 heavy (non-hydrogen) atoms. The molecule has 0 aromatic carbocycles. The summed E-state index contributed by atoms with van der Waals surface area (Å²) in [7, 11) is 1.04. The largest absolute Gasteiger partial charge is 0.392 e. The van der Waals surface area contributed by atoms with Gasteiger partial charge in [-0.15, -0.1) is 0 Å². The lowest BCUT2D eigenvalue weighted by Crippen LogP contribution is -2.43. The molecular weight excluding hydrogens is 266 g/mol. The van der Waals surface area contributed by atoms with Gasteiger partial charge in [-0.3, -0.25) is 0 Å². The lowest BCUT2D eigenvalue weighted by atomic mass is 10.5.